The highest BCUT2D eigenvalue weighted by Crippen LogP contribution is 2.36. The molecule has 192 valence electrons. The molecule has 2 amide bonds. The maximum absolute atomic E-state index is 13.0. The van der Waals surface area contributed by atoms with E-state index in [0.29, 0.717) is 0 Å². The Balaban J connectivity index is 2.07. The number of alkyl halides is 6. The molecule has 2 rings (SSSR count). The number of rotatable bonds is 4. The third-order valence-corrected chi connectivity index (χ3v) is 5.64. The molecule has 0 spiro atoms. The summed E-state index contributed by atoms with van der Waals surface area (Å²) in [6.45, 7) is 5.28. The van der Waals surface area contributed by atoms with Gasteiger partial charge >= 0.3 is 28.7 Å². The van der Waals surface area contributed by atoms with Crippen LogP contribution in [0.3, 0.4) is 0 Å². The van der Waals surface area contributed by atoms with Gasteiger partial charge < -0.3 is 9.64 Å². The third-order valence-electron chi connectivity index (χ3n) is 4.55. The number of nitrogens with one attached hydrogen (secondary N) is 2. The summed E-state index contributed by atoms with van der Waals surface area (Å²) >= 11 is 0. The topological polar surface area (TPSA) is 105 Å². The lowest BCUT2D eigenvalue weighted by Crippen LogP contribution is -2.51. The van der Waals surface area contributed by atoms with E-state index in [1.807, 2.05) is 0 Å². The predicted molar refractivity (Wildman–Crippen MR) is 107 cm³/mol. The summed E-state index contributed by atoms with van der Waals surface area (Å²) in [7, 11) is -4.64. The molecule has 0 radical (unpaired) electrons. The molecular formula is C19H23F6N3O5S. The van der Waals surface area contributed by atoms with Crippen LogP contribution >= 0.6 is 0 Å². The van der Waals surface area contributed by atoms with Gasteiger partial charge in [0, 0.05) is 24.7 Å². The Hall–Kier alpha value is -2.55. The molecule has 1 aromatic rings. The van der Waals surface area contributed by atoms with E-state index < -0.39 is 62.9 Å². The Bertz CT molecular complexity index is 994. The average molecular weight is 519 g/mol. The molecule has 8 nitrogen and oxygen atoms in total. The summed E-state index contributed by atoms with van der Waals surface area (Å²) in [5, 5.41) is 0. The van der Waals surface area contributed by atoms with E-state index in [-0.39, 0.29) is 44.1 Å². The Kier molecular flexibility index (Phi) is 7.82. The highest BCUT2D eigenvalue weighted by atomic mass is 32.2. The van der Waals surface area contributed by atoms with Gasteiger partial charge in [-0.3, -0.25) is 4.79 Å². The molecule has 1 aliphatic rings. The lowest BCUT2D eigenvalue weighted by atomic mass is 10.0. The number of piperidine rings is 1. The van der Waals surface area contributed by atoms with Gasteiger partial charge in [-0.05, 0) is 51.8 Å². The van der Waals surface area contributed by atoms with Crippen molar-refractivity contribution in [1.29, 1.82) is 0 Å². The van der Waals surface area contributed by atoms with Crippen molar-refractivity contribution in [2.24, 2.45) is 0 Å². The summed E-state index contributed by atoms with van der Waals surface area (Å²) in [6.07, 6.45) is -10.7. The second kappa shape index (κ2) is 9.60. The van der Waals surface area contributed by atoms with Gasteiger partial charge in [-0.25, -0.2) is 9.52 Å². The Labute approximate surface area is 191 Å². The van der Waals surface area contributed by atoms with Crippen LogP contribution < -0.4 is 9.44 Å². The monoisotopic (exact) mass is 519 g/mol. The Morgan fingerprint density at radius 2 is 1.41 bits per heavy atom. The summed E-state index contributed by atoms with van der Waals surface area (Å²) < 4.78 is 111. The van der Waals surface area contributed by atoms with E-state index >= 15 is 0 Å². The molecule has 1 aliphatic heterocycles. The van der Waals surface area contributed by atoms with Crippen LogP contribution in [0.2, 0.25) is 0 Å². The molecule has 0 bridgehead atoms. The SMILES string of the molecule is CC(C)(C)OC(=O)N1CCC(NS(=O)(=O)NC(=O)c2cc(C(F)(F)F)cc(C(F)(F)F)c2)CC1. The molecule has 0 aliphatic carbocycles. The molecule has 0 atom stereocenters. The van der Waals surface area contributed by atoms with Gasteiger partial charge in [0.2, 0.25) is 0 Å². The van der Waals surface area contributed by atoms with Gasteiger partial charge in [0.15, 0.2) is 0 Å². The highest BCUT2D eigenvalue weighted by Gasteiger charge is 2.38. The van der Waals surface area contributed by atoms with Gasteiger partial charge in [0.05, 0.1) is 11.1 Å². The van der Waals surface area contributed by atoms with Gasteiger partial charge in [0.25, 0.3) is 5.91 Å². The van der Waals surface area contributed by atoms with E-state index in [9.17, 15) is 44.3 Å². The van der Waals surface area contributed by atoms with Crippen LogP contribution in [-0.4, -0.2) is 50.1 Å². The Morgan fingerprint density at radius 1 is 0.941 bits per heavy atom. The number of amides is 2. The quantitative estimate of drug-likeness (QED) is 0.591. The van der Waals surface area contributed by atoms with E-state index in [1.165, 1.54) is 9.62 Å². The van der Waals surface area contributed by atoms with Crippen molar-refractivity contribution in [3.05, 3.63) is 34.9 Å². The van der Waals surface area contributed by atoms with E-state index in [1.54, 1.807) is 20.8 Å². The third kappa shape index (κ3) is 8.04. The van der Waals surface area contributed by atoms with Crippen molar-refractivity contribution in [1.82, 2.24) is 14.3 Å². The summed E-state index contributed by atoms with van der Waals surface area (Å²) in [6, 6.07) is -0.669. The zero-order valence-electron chi connectivity index (χ0n) is 18.3. The molecule has 34 heavy (non-hydrogen) atoms. The van der Waals surface area contributed by atoms with Crippen molar-refractivity contribution in [2.75, 3.05) is 13.1 Å². The smallest absolute Gasteiger partial charge is 0.416 e. The first kappa shape index (κ1) is 27.7. The van der Waals surface area contributed by atoms with Crippen molar-refractivity contribution in [2.45, 2.75) is 57.6 Å². The fourth-order valence-corrected chi connectivity index (χ4v) is 4.12. The lowest BCUT2D eigenvalue weighted by Gasteiger charge is -2.33. The van der Waals surface area contributed by atoms with Crippen molar-refractivity contribution < 1.29 is 49.1 Å². The normalized spacial score (nSPS) is 16.3. The van der Waals surface area contributed by atoms with E-state index in [4.69, 9.17) is 4.74 Å². The molecule has 0 saturated carbocycles. The fraction of sp³-hybridized carbons (Fsp3) is 0.579. The van der Waals surface area contributed by atoms with Crippen LogP contribution in [-0.2, 0) is 27.3 Å². The number of ether oxygens (including phenoxy) is 1. The first-order chi connectivity index (χ1) is 15.3. The molecule has 0 unspecified atom stereocenters. The largest absolute Gasteiger partial charge is 0.444 e. The van der Waals surface area contributed by atoms with Crippen LogP contribution in [0.25, 0.3) is 0 Å². The predicted octanol–water partition coefficient (Wildman–Crippen LogP) is 3.69. The minimum Gasteiger partial charge on any atom is -0.444 e. The first-order valence-corrected chi connectivity index (χ1v) is 11.4. The van der Waals surface area contributed by atoms with Gasteiger partial charge in [-0.2, -0.15) is 39.5 Å². The van der Waals surface area contributed by atoms with Crippen LogP contribution in [0.15, 0.2) is 18.2 Å². The number of carbonyl (C=O) groups excluding carboxylic acids is 2. The van der Waals surface area contributed by atoms with Gasteiger partial charge in [-0.15, -0.1) is 0 Å². The summed E-state index contributed by atoms with van der Waals surface area (Å²) in [5.41, 5.74) is -5.37. The zero-order valence-corrected chi connectivity index (χ0v) is 19.1. The van der Waals surface area contributed by atoms with E-state index in [0.717, 1.165) is 0 Å². The zero-order chi connectivity index (χ0) is 26.1. The standard InChI is InChI=1S/C19H23F6N3O5S/c1-17(2,3)33-16(30)28-6-4-14(5-7-28)26-34(31,32)27-15(29)11-8-12(18(20,21)22)10-13(9-11)19(23,24)25/h8-10,14,26H,4-7H2,1-3H3,(H,27,29). The molecule has 1 fully saturated rings. The van der Waals surface area contributed by atoms with Crippen molar-refractivity contribution in [3.8, 4) is 0 Å². The van der Waals surface area contributed by atoms with Crippen LogP contribution in [0.1, 0.15) is 55.1 Å². The van der Waals surface area contributed by atoms with Crippen LogP contribution in [0.4, 0.5) is 31.1 Å². The molecular weight excluding hydrogens is 496 g/mol. The molecule has 1 heterocycles. The van der Waals surface area contributed by atoms with Crippen LogP contribution in [0, 0.1) is 0 Å². The van der Waals surface area contributed by atoms with Gasteiger partial charge in [0.1, 0.15) is 5.60 Å². The second-order valence-electron chi connectivity index (χ2n) is 8.59. The Morgan fingerprint density at radius 3 is 1.82 bits per heavy atom. The average Bonchev–Trinajstić information content (AvgIpc) is 2.64. The highest BCUT2D eigenvalue weighted by molar-refractivity contribution is 7.88. The summed E-state index contributed by atoms with van der Waals surface area (Å²) in [4.78, 5) is 25.6. The number of benzene rings is 1. The van der Waals surface area contributed by atoms with Crippen LogP contribution in [0.5, 0.6) is 0 Å². The number of hydrogen-bond donors (Lipinski definition) is 2. The van der Waals surface area contributed by atoms with Crippen molar-refractivity contribution in [3.63, 3.8) is 0 Å². The number of nitrogens with zero attached hydrogens (tertiary/aromatic N) is 1. The minimum atomic E-state index is -5.20. The number of likely N-dealkylation sites (tertiary alicyclic amines) is 1. The lowest BCUT2D eigenvalue weighted by molar-refractivity contribution is -0.143. The van der Waals surface area contributed by atoms with Crippen molar-refractivity contribution >= 4 is 22.2 Å². The number of hydrogen-bond acceptors (Lipinski definition) is 5. The molecule has 15 heteroatoms. The first-order valence-electron chi connectivity index (χ1n) is 9.89. The number of carbonyl (C=O) groups is 2. The maximum atomic E-state index is 13.0. The minimum absolute atomic E-state index is 0.124. The van der Waals surface area contributed by atoms with Gasteiger partial charge in [-0.1, -0.05) is 0 Å². The molecule has 0 aromatic heterocycles. The second-order valence-corrected chi connectivity index (χ2v) is 10.0. The fourth-order valence-electron chi connectivity index (χ4n) is 3.02. The number of halogens is 6. The van der Waals surface area contributed by atoms with E-state index in [2.05, 4.69) is 4.72 Å². The molecule has 2 N–H and O–H groups in total. The molecule has 1 saturated heterocycles. The maximum Gasteiger partial charge on any atom is 0.416 e. The molecule has 1 aromatic carbocycles. The summed E-state index contributed by atoms with van der Waals surface area (Å²) in [5.74, 6) is -1.67.